The topological polar surface area (TPSA) is 91.2 Å². The van der Waals surface area contributed by atoms with E-state index in [0.717, 1.165) is 0 Å². The fraction of sp³-hybridized carbons (Fsp3) is 0.438. The molecule has 2 amide bonds. The summed E-state index contributed by atoms with van der Waals surface area (Å²) in [4.78, 5) is 24.2. The van der Waals surface area contributed by atoms with Crippen molar-refractivity contribution in [3.05, 3.63) is 35.9 Å². The summed E-state index contributed by atoms with van der Waals surface area (Å²) in [5.74, 6) is -0.815. The Bertz CT molecular complexity index is 544. The molecule has 0 aliphatic carbocycles. The van der Waals surface area contributed by atoms with Gasteiger partial charge in [-0.2, -0.15) is 5.26 Å². The number of carbonyl (C=O) groups excluding carboxylic acids is 2. The SMILES string of the molecule is CC(C)(C)OC[C@H](NC(=O)c1ccccc1)C(=O)NCC#N. The van der Waals surface area contributed by atoms with Crippen LogP contribution in [0.25, 0.3) is 0 Å². The van der Waals surface area contributed by atoms with Crippen molar-refractivity contribution in [1.29, 1.82) is 5.26 Å². The predicted octanol–water partition coefficient (Wildman–Crippen LogP) is 1.24. The Morgan fingerprint density at radius 3 is 2.45 bits per heavy atom. The molecule has 1 aromatic carbocycles. The molecule has 22 heavy (non-hydrogen) atoms. The van der Waals surface area contributed by atoms with Crippen LogP contribution in [-0.4, -0.2) is 36.6 Å². The highest BCUT2D eigenvalue weighted by Crippen LogP contribution is 2.08. The first-order chi connectivity index (χ1) is 10.3. The average molecular weight is 303 g/mol. The number of nitriles is 1. The molecule has 0 aromatic heterocycles. The molecule has 118 valence electrons. The molecule has 1 rings (SSSR count). The van der Waals surface area contributed by atoms with E-state index in [-0.39, 0.29) is 19.1 Å². The summed E-state index contributed by atoms with van der Waals surface area (Å²) < 4.78 is 5.57. The molecule has 6 nitrogen and oxygen atoms in total. The minimum atomic E-state index is -0.861. The van der Waals surface area contributed by atoms with E-state index in [1.807, 2.05) is 26.8 Å². The molecular weight excluding hydrogens is 282 g/mol. The third-order valence-electron chi connectivity index (χ3n) is 2.68. The Morgan fingerprint density at radius 2 is 1.91 bits per heavy atom. The molecule has 0 saturated carbocycles. The van der Waals surface area contributed by atoms with Gasteiger partial charge in [-0.25, -0.2) is 0 Å². The number of rotatable bonds is 6. The fourth-order valence-corrected chi connectivity index (χ4v) is 1.60. The molecular formula is C16H21N3O3. The summed E-state index contributed by atoms with van der Waals surface area (Å²) in [6.07, 6.45) is 0. The summed E-state index contributed by atoms with van der Waals surface area (Å²) in [5.41, 5.74) is 0.0157. The van der Waals surface area contributed by atoms with Gasteiger partial charge in [0, 0.05) is 5.56 Å². The van der Waals surface area contributed by atoms with Crippen LogP contribution in [0, 0.1) is 11.3 Å². The number of nitrogens with one attached hydrogen (secondary N) is 2. The maximum atomic E-state index is 12.1. The lowest BCUT2D eigenvalue weighted by molar-refractivity contribution is -0.125. The van der Waals surface area contributed by atoms with Crippen molar-refractivity contribution in [2.24, 2.45) is 0 Å². The number of amides is 2. The van der Waals surface area contributed by atoms with E-state index in [1.165, 1.54) is 0 Å². The third kappa shape index (κ3) is 6.37. The lowest BCUT2D eigenvalue weighted by Crippen LogP contribution is -2.50. The van der Waals surface area contributed by atoms with Crippen LogP contribution < -0.4 is 10.6 Å². The third-order valence-corrected chi connectivity index (χ3v) is 2.68. The molecule has 6 heteroatoms. The van der Waals surface area contributed by atoms with Crippen molar-refractivity contribution in [1.82, 2.24) is 10.6 Å². The van der Waals surface area contributed by atoms with Crippen LogP contribution in [0.1, 0.15) is 31.1 Å². The van der Waals surface area contributed by atoms with Crippen molar-refractivity contribution >= 4 is 11.8 Å². The second-order valence-corrected chi connectivity index (χ2v) is 5.69. The van der Waals surface area contributed by atoms with E-state index in [4.69, 9.17) is 10.00 Å². The van der Waals surface area contributed by atoms with E-state index >= 15 is 0 Å². The molecule has 0 aliphatic heterocycles. The van der Waals surface area contributed by atoms with Crippen LogP contribution in [0.4, 0.5) is 0 Å². The number of nitrogens with zero attached hydrogens (tertiary/aromatic N) is 1. The molecule has 0 radical (unpaired) electrons. The van der Waals surface area contributed by atoms with Gasteiger partial charge < -0.3 is 15.4 Å². The molecule has 0 unspecified atom stereocenters. The van der Waals surface area contributed by atoms with E-state index in [2.05, 4.69) is 10.6 Å². The molecule has 0 saturated heterocycles. The van der Waals surface area contributed by atoms with Gasteiger partial charge in [0.05, 0.1) is 18.3 Å². The lowest BCUT2D eigenvalue weighted by atomic mass is 10.1. The first kappa shape index (κ1) is 17.7. The smallest absolute Gasteiger partial charge is 0.251 e. The minimum absolute atomic E-state index is 0.0271. The van der Waals surface area contributed by atoms with Crippen molar-refractivity contribution < 1.29 is 14.3 Å². The molecule has 0 aliphatic rings. The zero-order chi connectivity index (χ0) is 16.6. The molecule has 2 N–H and O–H groups in total. The summed E-state index contributed by atoms with van der Waals surface area (Å²) in [5, 5.41) is 13.6. The van der Waals surface area contributed by atoms with Crippen molar-refractivity contribution in [3.8, 4) is 6.07 Å². The second-order valence-electron chi connectivity index (χ2n) is 5.69. The lowest BCUT2D eigenvalue weighted by Gasteiger charge is -2.24. The van der Waals surface area contributed by atoms with Crippen molar-refractivity contribution in [3.63, 3.8) is 0 Å². The van der Waals surface area contributed by atoms with Crippen molar-refractivity contribution in [2.75, 3.05) is 13.2 Å². The Labute approximate surface area is 130 Å². The largest absolute Gasteiger partial charge is 0.373 e. The van der Waals surface area contributed by atoms with E-state index in [9.17, 15) is 9.59 Å². The van der Waals surface area contributed by atoms with Gasteiger partial charge in [-0.1, -0.05) is 18.2 Å². The van der Waals surface area contributed by atoms with Gasteiger partial charge in [-0.05, 0) is 32.9 Å². The van der Waals surface area contributed by atoms with E-state index < -0.39 is 17.6 Å². The zero-order valence-electron chi connectivity index (χ0n) is 13.1. The Kier molecular flexibility index (Phi) is 6.54. The van der Waals surface area contributed by atoms with Crippen LogP contribution in [0.2, 0.25) is 0 Å². The highest BCUT2D eigenvalue weighted by molar-refractivity contribution is 5.97. The van der Waals surface area contributed by atoms with Gasteiger partial charge >= 0.3 is 0 Å². The number of hydrogen-bond acceptors (Lipinski definition) is 4. The van der Waals surface area contributed by atoms with Gasteiger partial charge in [0.25, 0.3) is 5.91 Å². The van der Waals surface area contributed by atoms with Crippen LogP contribution in [0.15, 0.2) is 30.3 Å². The Balaban J connectivity index is 2.74. The van der Waals surface area contributed by atoms with Gasteiger partial charge in [0.15, 0.2) is 0 Å². The van der Waals surface area contributed by atoms with Crippen LogP contribution >= 0.6 is 0 Å². The minimum Gasteiger partial charge on any atom is -0.373 e. The standard InChI is InChI=1S/C16H21N3O3/c1-16(2,3)22-11-13(15(21)18-10-9-17)19-14(20)12-7-5-4-6-8-12/h4-8,13H,10-11H2,1-3H3,(H,18,21)(H,19,20)/t13-/m0/s1. The number of benzene rings is 1. The van der Waals surface area contributed by atoms with Gasteiger partial charge in [0.1, 0.15) is 12.6 Å². The zero-order valence-corrected chi connectivity index (χ0v) is 13.1. The van der Waals surface area contributed by atoms with Gasteiger partial charge in [0.2, 0.25) is 5.91 Å². The van der Waals surface area contributed by atoms with E-state index in [1.54, 1.807) is 30.3 Å². The molecule has 0 heterocycles. The summed E-state index contributed by atoms with van der Waals surface area (Å²) in [6.45, 7) is 5.48. The Morgan fingerprint density at radius 1 is 1.27 bits per heavy atom. The summed E-state index contributed by atoms with van der Waals surface area (Å²) in [7, 11) is 0. The quantitative estimate of drug-likeness (QED) is 0.774. The second kappa shape index (κ2) is 8.15. The maximum Gasteiger partial charge on any atom is 0.251 e. The van der Waals surface area contributed by atoms with Crippen LogP contribution in [0.3, 0.4) is 0 Å². The van der Waals surface area contributed by atoms with E-state index in [0.29, 0.717) is 5.56 Å². The summed E-state index contributed by atoms with van der Waals surface area (Å²) >= 11 is 0. The first-order valence-electron chi connectivity index (χ1n) is 6.98. The predicted molar refractivity (Wildman–Crippen MR) is 82.0 cm³/mol. The number of hydrogen-bond donors (Lipinski definition) is 2. The highest BCUT2D eigenvalue weighted by atomic mass is 16.5. The molecule has 0 spiro atoms. The maximum absolute atomic E-state index is 12.1. The average Bonchev–Trinajstić information content (AvgIpc) is 2.48. The summed E-state index contributed by atoms with van der Waals surface area (Å²) in [6, 6.07) is 9.56. The van der Waals surface area contributed by atoms with Crippen LogP contribution in [0.5, 0.6) is 0 Å². The fourth-order valence-electron chi connectivity index (χ4n) is 1.60. The highest BCUT2D eigenvalue weighted by Gasteiger charge is 2.24. The molecule has 1 aromatic rings. The molecule has 0 fully saturated rings. The van der Waals surface area contributed by atoms with Gasteiger partial charge in [-0.15, -0.1) is 0 Å². The monoisotopic (exact) mass is 303 g/mol. The first-order valence-corrected chi connectivity index (χ1v) is 6.98. The van der Waals surface area contributed by atoms with Crippen molar-refractivity contribution in [2.45, 2.75) is 32.4 Å². The normalized spacial score (nSPS) is 12.1. The number of ether oxygens (including phenoxy) is 1. The molecule has 0 bridgehead atoms. The molecule has 1 atom stereocenters. The van der Waals surface area contributed by atoms with Crippen LogP contribution in [-0.2, 0) is 9.53 Å². The Hall–Kier alpha value is -2.39. The van der Waals surface area contributed by atoms with Gasteiger partial charge in [-0.3, -0.25) is 9.59 Å². The number of carbonyl (C=O) groups is 2.